The molecule has 0 aliphatic carbocycles. The number of ether oxygens (including phenoxy) is 1. The number of carbonyl (C=O) groups is 1. The number of nitrogens with one attached hydrogen (secondary N) is 1. The van der Waals surface area contributed by atoms with Crippen molar-refractivity contribution in [1.29, 1.82) is 0 Å². The molecule has 26 heavy (non-hydrogen) atoms. The maximum atomic E-state index is 12.1. The van der Waals surface area contributed by atoms with Gasteiger partial charge < -0.3 is 10.1 Å². The van der Waals surface area contributed by atoms with Gasteiger partial charge in [-0.2, -0.15) is 0 Å². The molecule has 0 saturated carbocycles. The molecular formula is C18H22N2O4S2. The van der Waals surface area contributed by atoms with Gasteiger partial charge in [-0.3, -0.25) is 4.79 Å². The van der Waals surface area contributed by atoms with Crippen LogP contribution in [0.15, 0.2) is 29.6 Å². The number of carbonyl (C=O) groups excluding carboxylic acids is 1. The van der Waals surface area contributed by atoms with Crippen molar-refractivity contribution >= 4 is 32.2 Å². The molecule has 2 aromatic rings. The highest BCUT2D eigenvalue weighted by atomic mass is 32.2. The summed E-state index contributed by atoms with van der Waals surface area (Å²) < 4.78 is 28.5. The molecule has 1 atom stereocenters. The molecule has 0 radical (unpaired) electrons. The minimum absolute atomic E-state index is 0.0879. The molecule has 0 spiro atoms. The molecule has 1 N–H and O–H groups in total. The minimum atomic E-state index is -2.96. The van der Waals surface area contributed by atoms with Crippen LogP contribution in [0.4, 0.5) is 5.13 Å². The Bertz CT molecular complexity index is 860. The van der Waals surface area contributed by atoms with Crippen LogP contribution >= 0.6 is 11.3 Å². The van der Waals surface area contributed by atoms with E-state index in [2.05, 4.69) is 17.2 Å². The summed E-state index contributed by atoms with van der Waals surface area (Å²) in [6, 6.07) is 7.69. The zero-order valence-corrected chi connectivity index (χ0v) is 16.2. The van der Waals surface area contributed by atoms with Gasteiger partial charge in [-0.25, -0.2) is 13.4 Å². The molecule has 1 fully saturated rings. The van der Waals surface area contributed by atoms with Crippen molar-refractivity contribution in [2.24, 2.45) is 5.92 Å². The summed E-state index contributed by atoms with van der Waals surface area (Å²) in [5.41, 5.74) is 1.74. The van der Waals surface area contributed by atoms with Crippen LogP contribution in [-0.2, 0) is 14.6 Å². The van der Waals surface area contributed by atoms with Gasteiger partial charge in [-0.05, 0) is 43.0 Å². The second-order valence-corrected chi connectivity index (χ2v) is 9.52. The van der Waals surface area contributed by atoms with Gasteiger partial charge >= 0.3 is 0 Å². The number of anilines is 1. The van der Waals surface area contributed by atoms with Gasteiger partial charge in [-0.1, -0.05) is 6.92 Å². The molecule has 2 heterocycles. The quantitative estimate of drug-likeness (QED) is 0.778. The Labute approximate surface area is 157 Å². The van der Waals surface area contributed by atoms with Crippen molar-refractivity contribution in [1.82, 2.24) is 4.98 Å². The van der Waals surface area contributed by atoms with E-state index in [9.17, 15) is 13.2 Å². The van der Waals surface area contributed by atoms with Crippen molar-refractivity contribution < 1.29 is 17.9 Å². The van der Waals surface area contributed by atoms with E-state index >= 15 is 0 Å². The van der Waals surface area contributed by atoms with Crippen LogP contribution in [0.1, 0.15) is 26.2 Å². The van der Waals surface area contributed by atoms with E-state index in [4.69, 9.17) is 4.74 Å². The molecule has 3 rings (SSSR count). The summed E-state index contributed by atoms with van der Waals surface area (Å²) in [5.74, 6) is 0.845. The smallest absolute Gasteiger partial charge is 0.226 e. The molecule has 140 valence electrons. The van der Waals surface area contributed by atoms with Crippen LogP contribution in [-0.4, -0.2) is 37.4 Å². The largest absolute Gasteiger partial charge is 0.494 e. The lowest BCUT2D eigenvalue weighted by Crippen LogP contribution is -2.17. The second-order valence-electron chi connectivity index (χ2n) is 6.43. The number of rotatable bonds is 7. The molecule has 1 aliphatic heterocycles. The fraction of sp³-hybridized carbons (Fsp3) is 0.444. The first kappa shape index (κ1) is 18.8. The fourth-order valence-electron chi connectivity index (χ4n) is 2.87. The first-order chi connectivity index (χ1) is 12.4. The highest BCUT2D eigenvalue weighted by Crippen LogP contribution is 2.27. The normalized spacial score (nSPS) is 18.6. The lowest BCUT2D eigenvalue weighted by molar-refractivity contribution is -0.116. The SMILES string of the molecule is CCCOc1ccc(-c2csc(NC(=O)C[C@@H]3CCS(=O)(=O)C3)n2)cc1. The number of thiazole rings is 1. The summed E-state index contributed by atoms with van der Waals surface area (Å²) in [5, 5.41) is 5.19. The van der Waals surface area contributed by atoms with Crippen molar-refractivity contribution in [2.75, 3.05) is 23.4 Å². The maximum Gasteiger partial charge on any atom is 0.226 e. The highest BCUT2D eigenvalue weighted by molar-refractivity contribution is 7.91. The van der Waals surface area contributed by atoms with Gasteiger partial charge in [0.1, 0.15) is 5.75 Å². The Morgan fingerprint density at radius 2 is 2.12 bits per heavy atom. The molecule has 1 saturated heterocycles. The second kappa shape index (κ2) is 8.18. The predicted octanol–water partition coefficient (Wildman–Crippen LogP) is 3.36. The monoisotopic (exact) mass is 394 g/mol. The molecule has 1 amide bonds. The number of sulfone groups is 1. The molecule has 8 heteroatoms. The van der Waals surface area contributed by atoms with Crippen molar-refractivity contribution in [3.63, 3.8) is 0 Å². The van der Waals surface area contributed by atoms with Crippen molar-refractivity contribution in [3.05, 3.63) is 29.6 Å². The number of hydrogen-bond acceptors (Lipinski definition) is 6. The van der Waals surface area contributed by atoms with Crippen LogP contribution in [0, 0.1) is 5.92 Å². The third kappa shape index (κ3) is 5.04. The number of amides is 1. The van der Waals surface area contributed by atoms with E-state index in [-0.39, 0.29) is 29.8 Å². The molecule has 6 nitrogen and oxygen atoms in total. The summed E-state index contributed by atoms with van der Waals surface area (Å²) in [4.78, 5) is 16.6. The molecule has 0 bridgehead atoms. The van der Waals surface area contributed by atoms with E-state index in [1.807, 2.05) is 29.6 Å². The lowest BCUT2D eigenvalue weighted by atomic mass is 10.1. The molecular weight excluding hydrogens is 372 g/mol. The van der Waals surface area contributed by atoms with Gasteiger partial charge in [0.05, 0.1) is 23.8 Å². The van der Waals surface area contributed by atoms with Crippen LogP contribution in [0.2, 0.25) is 0 Å². The molecule has 1 aromatic heterocycles. The summed E-state index contributed by atoms with van der Waals surface area (Å²) in [6.45, 7) is 2.75. The Morgan fingerprint density at radius 3 is 2.77 bits per heavy atom. The topological polar surface area (TPSA) is 85.4 Å². The van der Waals surface area contributed by atoms with Crippen LogP contribution in [0.3, 0.4) is 0 Å². The van der Waals surface area contributed by atoms with E-state index in [1.54, 1.807) is 0 Å². The van der Waals surface area contributed by atoms with E-state index < -0.39 is 9.84 Å². The van der Waals surface area contributed by atoms with Gasteiger partial charge in [0.2, 0.25) is 5.91 Å². The Balaban J connectivity index is 1.56. The predicted molar refractivity (Wildman–Crippen MR) is 103 cm³/mol. The lowest BCUT2D eigenvalue weighted by Gasteiger charge is -2.06. The summed E-state index contributed by atoms with van der Waals surface area (Å²) in [6.07, 6.45) is 1.74. The molecule has 0 unspecified atom stereocenters. The Morgan fingerprint density at radius 1 is 1.35 bits per heavy atom. The van der Waals surface area contributed by atoms with Crippen molar-refractivity contribution in [2.45, 2.75) is 26.2 Å². The van der Waals surface area contributed by atoms with Crippen LogP contribution in [0.5, 0.6) is 5.75 Å². The van der Waals surface area contributed by atoms with Crippen molar-refractivity contribution in [3.8, 4) is 17.0 Å². The number of nitrogens with zero attached hydrogens (tertiary/aromatic N) is 1. The van der Waals surface area contributed by atoms with E-state index in [1.165, 1.54) is 11.3 Å². The molecule has 1 aliphatic rings. The van der Waals surface area contributed by atoms with Gasteiger partial charge in [0.15, 0.2) is 15.0 Å². The summed E-state index contributed by atoms with van der Waals surface area (Å²) in [7, 11) is -2.96. The Hall–Kier alpha value is -1.93. The average molecular weight is 395 g/mol. The first-order valence-electron chi connectivity index (χ1n) is 8.64. The first-order valence-corrected chi connectivity index (χ1v) is 11.3. The number of hydrogen-bond donors (Lipinski definition) is 1. The third-order valence-corrected chi connectivity index (χ3v) is 6.77. The highest BCUT2D eigenvalue weighted by Gasteiger charge is 2.29. The third-order valence-electron chi connectivity index (χ3n) is 4.17. The zero-order chi connectivity index (χ0) is 18.6. The minimum Gasteiger partial charge on any atom is -0.494 e. The van der Waals surface area contributed by atoms with Gasteiger partial charge in [0, 0.05) is 17.4 Å². The summed E-state index contributed by atoms with van der Waals surface area (Å²) >= 11 is 1.36. The fourth-order valence-corrected chi connectivity index (χ4v) is 5.47. The number of aromatic nitrogens is 1. The standard InChI is InChI=1S/C18H22N2O4S2/c1-2-8-24-15-5-3-14(4-6-15)16-11-25-18(19-16)20-17(21)10-13-7-9-26(22,23)12-13/h3-6,11,13H,2,7-10,12H2,1H3,(H,19,20,21)/t13-/m0/s1. The average Bonchev–Trinajstić information content (AvgIpc) is 3.19. The maximum absolute atomic E-state index is 12.1. The van der Waals surface area contributed by atoms with E-state index in [0.717, 1.165) is 23.4 Å². The molecule has 1 aromatic carbocycles. The zero-order valence-electron chi connectivity index (χ0n) is 14.6. The Kier molecular flexibility index (Phi) is 5.93. The van der Waals surface area contributed by atoms with Crippen LogP contribution < -0.4 is 10.1 Å². The van der Waals surface area contributed by atoms with E-state index in [0.29, 0.717) is 18.2 Å². The van der Waals surface area contributed by atoms with Gasteiger partial charge in [0.25, 0.3) is 0 Å². The van der Waals surface area contributed by atoms with Gasteiger partial charge in [-0.15, -0.1) is 11.3 Å². The number of benzene rings is 1. The van der Waals surface area contributed by atoms with Crippen LogP contribution in [0.25, 0.3) is 11.3 Å².